The number of hydrogen-bond acceptors (Lipinski definition) is 2. The molecule has 2 nitrogen and oxygen atoms in total. The maximum atomic E-state index is 13.6. The lowest BCUT2D eigenvalue weighted by atomic mass is 9.96. The molecule has 0 aliphatic rings. The maximum absolute atomic E-state index is 13.6. The quantitative estimate of drug-likeness (QED) is 0.294. The molecule has 0 aromatic heterocycles. The molecule has 0 amide bonds. The molecule has 0 atom stereocenters. The molecule has 0 spiro atoms. The van der Waals surface area contributed by atoms with E-state index in [2.05, 4.69) is 24.5 Å². The van der Waals surface area contributed by atoms with Gasteiger partial charge in [0.05, 0.1) is 5.57 Å². The van der Waals surface area contributed by atoms with Gasteiger partial charge in [-0.3, -0.25) is 0 Å². The summed E-state index contributed by atoms with van der Waals surface area (Å²) in [7, 11) is 0. The van der Waals surface area contributed by atoms with Crippen molar-refractivity contribution in [1.29, 1.82) is 0 Å². The van der Waals surface area contributed by atoms with Crippen LogP contribution in [0, 0.1) is 0 Å². The number of benzene rings is 1. The minimum absolute atomic E-state index is 0.139. The van der Waals surface area contributed by atoms with Gasteiger partial charge in [0.15, 0.2) is 0 Å². The van der Waals surface area contributed by atoms with Gasteiger partial charge in [-0.25, -0.2) is 4.79 Å². The van der Waals surface area contributed by atoms with Crippen LogP contribution in [0.25, 0.3) is 17.7 Å². The molecular formula is C18H14F8O2. The zero-order valence-electron chi connectivity index (χ0n) is 14.3. The predicted molar refractivity (Wildman–Crippen MR) is 87.2 cm³/mol. The van der Waals surface area contributed by atoms with Gasteiger partial charge in [0.2, 0.25) is 0 Å². The van der Waals surface area contributed by atoms with Crippen LogP contribution in [0.3, 0.4) is 0 Å². The largest absolute Gasteiger partial charge is 0.473 e. The van der Waals surface area contributed by atoms with E-state index in [9.17, 15) is 39.9 Å². The summed E-state index contributed by atoms with van der Waals surface area (Å²) in [5.41, 5.74) is -0.611. The van der Waals surface area contributed by atoms with E-state index in [0.29, 0.717) is 5.56 Å². The minimum Gasteiger partial charge on any atom is -0.392 e. The van der Waals surface area contributed by atoms with Crippen LogP contribution in [0.1, 0.15) is 23.6 Å². The Morgan fingerprint density at radius 2 is 1.50 bits per heavy atom. The van der Waals surface area contributed by atoms with Crippen molar-refractivity contribution in [1.82, 2.24) is 0 Å². The average molecular weight is 414 g/mol. The molecule has 0 radical (unpaired) electrons. The van der Waals surface area contributed by atoms with E-state index < -0.39 is 42.3 Å². The Bertz CT molecular complexity index is 806. The first-order valence-corrected chi connectivity index (χ1v) is 7.37. The molecule has 0 unspecified atom stereocenters. The molecule has 28 heavy (non-hydrogen) atoms. The summed E-state index contributed by atoms with van der Waals surface area (Å²) in [6.07, 6.45) is -3.80. The van der Waals surface area contributed by atoms with Crippen molar-refractivity contribution < 1.29 is 44.7 Å². The second-order valence-electron chi connectivity index (χ2n) is 5.64. The Hall–Kier alpha value is -2.65. The first-order valence-electron chi connectivity index (χ1n) is 7.37. The summed E-state index contributed by atoms with van der Waals surface area (Å²) in [6, 6.07) is 3.98. The molecule has 1 aromatic carbocycles. The highest BCUT2D eigenvalue weighted by Gasteiger charge is 2.81. The molecule has 0 aliphatic heterocycles. The van der Waals surface area contributed by atoms with Crippen LogP contribution >= 0.6 is 0 Å². The zero-order valence-corrected chi connectivity index (χ0v) is 14.3. The first kappa shape index (κ1) is 23.4. The fraction of sp³-hybridized carbons (Fsp3) is 0.278. The van der Waals surface area contributed by atoms with Crippen LogP contribution in [0.2, 0.25) is 0 Å². The van der Waals surface area contributed by atoms with E-state index in [1.54, 1.807) is 0 Å². The van der Waals surface area contributed by atoms with Crippen molar-refractivity contribution in [3.63, 3.8) is 0 Å². The number of rotatable bonds is 8. The Kier molecular flexibility index (Phi) is 6.18. The van der Waals surface area contributed by atoms with Crippen LogP contribution < -0.4 is 0 Å². The van der Waals surface area contributed by atoms with Gasteiger partial charge in [0, 0.05) is 6.92 Å². The van der Waals surface area contributed by atoms with Gasteiger partial charge in [-0.1, -0.05) is 50.1 Å². The Balaban J connectivity index is 3.27. The van der Waals surface area contributed by atoms with Gasteiger partial charge >= 0.3 is 29.8 Å². The van der Waals surface area contributed by atoms with Crippen LogP contribution in [-0.4, -0.2) is 29.8 Å². The lowest BCUT2D eigenvalue weighted by Gasteiger charge is -2.34. The summed E-state index contributed by atoms with van der Waals surface area (Å²) in [5.74, 6) is -21.0. The topological polar surface area (TPSA) is 26.3 Å². The Morgan fingerprint density at radius 1 is 0.964 bits per heavy atom. The fourth-order valence-corrected chi connectivity index (χ4v) is 2.06. The Morgan fingerprint density at radius 3 is 1.93 bits per heavy atom. The number of esters is 1. The van der Waals surface area contributed by atoms with Gasteiger partial charge < -0.3 is 4.74 Å². The van der Waals surface area contributed by atoms with Crippen molar-refractivity contribution in [2.24, 2.45) is 0 Å². The molecule has 0 bridgehead atoms. The molecule has 0 N–H and O–H groups in total. The number of carbonyl (C=O) groups is 1. The summed E-state index contributed by atoms with van der Waals surface area (Å²) >= 11 is 0. The molecule has 0 heterocycles. The fourth-order valence-electron chi connectivity index (χ4n) is 2.06. The van der Waals surface area contributed by atoms with Gasteiger partial charge in [-0.2, -0.15) is 35.1 Å². The maximum Gasteiger partial charge on any atom is 0.473 e. The molecule has 0 saturated heterocycles. The Labute approximate surface area is 154 Å². The monoisotopic (exact) mass is 414 g/mol. The lowest BCUT2D eigenvalue weighted by molar-refractivity contribution is -0.413. The van der Waals surface area contributed by atoms with Crippen LogP contribution in [0.5, 0.6) is 0 Å². The highest BCUT2D eigenvalue weighted by molar-refractivity contribution is 6.16. The van der Waals surface area contributed by atoms with Crippen molar-refractivity contribution in [2.75, 3.05) is 0 Å². The van der Waals surface area contributed by atoms with E-state index in [1.165, 1.54) is 30.4 Å². The predicted octanol–water partition coefficient (Wildman–Crippen LogP) is 6.05. The molecule has 1 rings (SSSR count). The highest BCUT2D eigenvalue weighted by Crippen LogP contribution is 2.53. The molecule has 0 saturated carbocycles. The third kappa shape index (κ3) is 3.81. The number of hydrogen-bond donors (Lipinski definition) is 0. The molecule has 10 heteroatoms. The first-order chi connectivity index (χ1) is 12.5. The van der Waals surface area contributed by atoms with Gasteiger partial charge in [0.1, 0.15) is 0 Å². The second kappa shape index (κ2) is 7.40. The van der Waals surface area contributed by atoms with Gasteiger partial charge in [-0.05, 0) is 16.7 Å². The summed E-state index contributed by atoms with van der Waals surface area (Å²) < 4.78 is 109. The van der Waals surface area contributed by atoms with Crippen LogP contribution in [-0.2, 0) is 9.53 Å². The standard InChI is InChI=1S/C18H14F8O2/c1-5-11-8-7-9-13(12(11)6-2)10(3)14(27)28-18(25,26)17(23,24)16(21,22)15(4,19)20/h5-9H,1-3H2,4H3. The van der Waals surface area contributed by atoms with Crippen molar-refractivity contribution in [2.45, 2.75) is 30.8 Å². The molecule has 0 fully saturated rings. The number of ether oxygens (including phenoxy) is 1. The van der Waals surface area contributed by atoms with Gasteiger partial charge in [0.25, 0.3) is 0 Å². The molecule has 0 aliphatic carbocycles. The highest BCUT2D eigenvalue weighted by atomic mass is 19.4. The normalized spacial score (nSPS) is 13.0. The van der Waals surface area contributed by atoms with Crippen molar-refractivity contribution >= 4 is 23.7 Å². The van der Waals surface area contributed by atoms with E-state index in [1.807, 2.05) is 0 Å². The number of carbonyl (C=O) groups excluding carboxylic acids is 1. The molecular weight excluding hydrogens is 400 g/mol. The average Bonchev–Trinajstić information content (AvgIpc) is 2.58. The number of halogens is 8. The van der Waals surface area contributed by atoms with Crippen molar-refractivity contribution in [3.8, 4) is 0 Å². The van der Waals surface area contributed by atoms with Crippen molar-refractivity contribution in [3.05, 3.63) is 54.6 Å². The van der Waals surface area contributed by atoms with Crippen LogP contribution in [0.4, 0.5) is 35.1 Å². The zero-order chi connectivity index (χ0) is 22.1. The number of alkyl halides is 8. The second-order valence-corrected chi connectivity index (χ2v) is 5.64. The SMILES string of the molecule is C=Cc1cccc(C(=C)C(=O)OC(F)(F)C(F)(F)C(F)(F)C(C)(F)F)c1C=C. The third-order valence-electron chi connectivity index (χ3n) is 3.67. The van der Waals surface area contributed by atoms with Gasteiger partial charge in [-0.15, -0.1) is 0 Å². The van der Waals surface area contributed by atoms with E-state index >= 15 is 0 Å². The molecule has 1 aromatic rings. The third-order valence-corrected chi connectivity index (χ3v) is 3.67. The summed E-state index contributed by atoms with van der Waals surface area (Å²) in [6.45, 7) is 9.33. The lowest BCUT2D eigenvalue weighted by Crippen LogP contribution is -2.62. The minimum atomic E-state index is -6.71. The van der Waals surface area contributed by atoms with Crippen LogP contribution in [0.15, 0.2) is 37.9 Å². The van der Waals surface area contributed by atoms with E-state index in [0.717, 1.165) is 0 Å². The summed E-state index contributed by atoms with van der Waals surface area (Å²) in [5, 5.41) is 0. The molecule has 154 valence electrons. The van der Waals surface area contributed by atoms with E-state index in [-0.39, 0.29) is 11.1 Å². The van der Waals surface area contributed by atoms with E-state index in [4.69, 9.17) is 0 Å². The smallest absolute Gasteiger partial charge is 0.392 e. The summed E-state index contributed by atoms with van der Waals surface area (Å²) in [4.78, 5) is 11.8.